The second kappa shape index (κ2) is 8.97. The third-order valence-electron chi connectivity index (χ3n) is 3.98. The maximum atomic E-state index is 12.9. The van der Waals surface area contributed by atoms with Gasteiger partial charge in [0, 0.05) is 13.1 Å². The summed E-state index contributed by atoms with van der Waals surface area (Å²) >= 11 is 0. The van der Waals surface area contributed by atoms with Gasteiger partial charge in [-0.25, -0.2) is 4.39 Å². The predicted octanol–water partition coefficient (Wildman–Crippen LogP) is 3.74. The van der Waals surface area contributed by atoms with Crippen LogP contribution in [0, 0.1) is 5.82 Å². The molecular formula is C21H21FN2O2. The van der Waals surface area contributed by atoms with Gasteiger partial charge in [-0.05, 0) is 35.4 Å². The van der Waals surface area contributed by atoms with Gasteiger partial charge in [0.25, 0.3) is 0 Å². The van der Waals surface area contributed by atoms with Gasteiger partial charge < -0.3 is 9.73 Å². The predicted molar refractivity (Wildman–Crippen MR) is 97.5 cm³/mol. The fourth-order valence-electron chi connectivity index (χ4n) is 2.69. The summed E-state index contributed by atoms with van der Waals surface area (Å²) in [5, 5.41) is 2.88. The molecular weight excluding hydrogens is 331 g/mol. The number of hydrogen-bond acceptors (Lipinski definition) is 3. The third-order valence-corrected chi connectivity index (χ3v) is 3.98. The lowest BCUT2D eigenvalue weighted by Gasteiger charge is -2.21. The van der Waals surface area contributed by atoms with Gasteiger partial charge in [-0.3, -0.25) is 9.69 Å². The van der Waals surface area contributed by atoms with E-state index < -0.39 is 0 Å². The molecule has 0 spiro atoms. The molecule has 26 heavy (non-hydrogen) atoms. The van der Waals surface area contributed by atoms with Crippen LogP contribution in [0.15, 0.2) is 77.4 Å². The molecule has 1 amide bonds. The van der Waals surface area contributed by atoms with Crippen molar-refractivity contribution in [3.63, 3.8) is 0 Å². The van der Waals surface area contributed by atoms with E-state index in [0.717, 1.165) is 16.9 Å². The molecule has 1 N–H and O–H groups in total. The Labute approximate surface area is 152 Å². The number of rotatable bonds is 8. The first-order chi connectivity index (χ1) is 12.7. The van der Waals surface area contributed by atoms with Gasteiger partial charge in [0.15, 0.2) is 0 Å². The van der Waals surface area contributed by atoms with Crippen molar-refractivity contribution >= 4 is 5.91 Å². The number of nitrogens with one attached hydrogen (secondary N) is 1. The highest BCUT2D eigenvalue weighted by Crippen LogP contribution is 2.10. The van der Waals surface area contributed by atoms with Crippen molar-refractivity contribution in [3.8, 4) is 0 Å². The Morgan fingerprint density at radius 3 is 2.38 bits per heavy atom. The molecule has 3 rings (SSSR count). The summed E-state index contributed by atoms with van der Waals surface area (Å²) in [5.41, 5.74) is 1.99. The van der Waals surface area contributed by atoms with Crippen LogP contribution in [0.1, 0.15) is 16.9 Å². The Morgan fingerprint density at radius 1 is 0.923 bits per heavy atom. The van der Waals surface area contributed by atoms with Crippen molar-refractivity contribution in [1.29, 1.82) is 0 Å². The summed E-state index contributed by atoms with van der Waals surface area (Å²) in [6.07, 6.45) is 1.63. The maximum Gasteiger partial charge on any atom is 0.234 e. The van der Waals surface area contributed by atoms with Gasteiger partial charge in [0.2, 0.25) is 5.91 Å². The Kier molecular flexibility index (Phi) is 6.17. The van der Waals surface area contributed by atoms with Crippen molar-refractivity contribution in [1.82, 2.24) is 10.2 Å². The third kappa shape index (κ3) is 5.57. The van der Waals surface area contributed by atoms with Crippen molar-refractivity contribution in [3.05, 3.63) is 95.7 Å². The van der Waals surface area contributed by atoms with Crippen LogP contribution < -0.4 is 5.32 Å². The average Bonchev–Trinajstić information content (AvgIpc) is 3.15. The summed E-state index contributed by atoms with van der Waals surface area (Å²) in [5.74, 6) is 0.441. The van der Waals surface area contributed by atoms with E-state index in [9.17, 15) is 9.18 Å². The molecule has 0 aliphatic rings. The standard InChI is InChI=1S/C21H21FN2O2/c22-19-10-8-17(9-11-19)13-23-21(25)16-24(15-20-7-4-12-26-20)14-18-5-2-1-3-6-18/h1-12H,13-16H2,(H,23,25). The number of hydrogen-bond donors (Lipinski definition) is 1. The lowest BCUT2D eigenvalue weighted by atomic mass is 10.2. The highest BCUT2D eigenvalue weighted by molar-refractivity contribution is 5.78. The first-order valence-corrected chi connectivity index (χ1v) is 8.49. The molecule has 134 valence electrons. The molecule has 0 fully saturated rings. The highest BCUT2D eigenvalue weighted by atomic mass is 19.1. The fourth-order valence-corrected chi connectivity index (χ4v) is 2.69. The van der Waals surface area contributed by atoms with E-state index in [1.165, 1.54) is 12.1 Å². The normalized spacial score (nSPS) is 10.8. The molecule has 0 saturated carbocycles. The quantitative estimate of drug-likeness (QED) is 0.672. The number of furan rings is 1. The molecule has 0 saturated heterocycles. The smallest absolute Gasteiger partial charge is 0.234 e. The SMILES string of the molecule is O=C(CN(Cc1ccccc1)Cc1ccco1)NCc1ccc(F)cc1. The summed E-state index contributed by atoms with van der Waals surface area (Å²) in [6, 6.07) is 19.8. The minimum Gasteiger partial charge on any atom is -0.468 e. The number of carbonyl (C=O) groups is 1. The lowest BCUT2D eigenvalue weighted by molar-refractivity contribution is -0.122. The molecule has 0 aliphatic carbocycles. The molecule has 0 bridgehead atoms. The molecule has 1 aromatic heterocycles. The lowest BCUT2D eigenvalue weighted by Crippen LogP contribution is -2.36. The molecule has 1 heterocycles. The van der Waals surface area contributed by atoms with Crippen molar-refractivity contribution in [2.45, 2.75) is 19.6 Å². The molecule has 3 aromatic rings. The topological polar surface area (TPSA) is 45.5 Å². The van der Waals surface area contributed by atoms with Gasteiger partial charge >= 0.3 is 0 Å². The average molecular weight is 352 g/mol. The van der Waals surface area contributed by atoms with Crippen molar-refractivity contribution in [2.24, 2.45) is 0 Å². The first kappa shape index (κ1) is 17.9. The van der Waals surface area contributed by atoms with Crippen LogP contribution in [-0.2, 0) is 24.4 Å². The van der Waals surface area contributed by atoms with Crippen LogP contribution in [-0.4, -0.2) is 17.4 Å². The zero-order valence-corrected chi connectivity index (χ0v) is 14.4. The van der Waals surface area contributed by atoms with Crippen LogP contribution in [0.4, 0.5) is 4.39 Å². The minimum atomic E-state index is -0.285. The number of carbonyl (C=O) groups excluding carboxylic acids is 1. The molecule has 5 heteroatoms. The molecule has 0 atom stereocenters. The zero-order chi connectivity index (χ0) is 18.2. The molecule has 4 nitrogen and oxygen atoms in total. The van der Waals surface area contributed by atoms with Crippen LogP contribution >= 0.6 is 0 Å². The van der Waals surface area contributed by atoms with E-state index in [2.05, 4.69) is 5.32 Å². The Hall–Kier alpha value is -2.92. The fraction of sp³-hybridized carbons (Fsp3) is 0.190. The number of nitrogens with zero attached hydrogens (tertiary/aromatic N) is 1. The van der Waals surface area contributed by atoms with E-state index in [0.29, 0.717) is 19.6 Å². The summed E-state index contributed by atoms with van der Waals surface area (Å²) in [7, 11) is 0. The van der Waals surface area contributed by atoms with E-state index >= 15 is 0 Å². The van der Waals surface area contributed by atoms with Gasteiger partial charge in [0.05, 0.1) is 19.4 Å². The highest BCUT2D eigenvalue weighted by Gasteiger charge is 2.13. The number of amides is 1. The van der Waals surface area contributed by atoms with E-state index in [1.54, 1.807) is 18.4 Å². The number of benzene rings is 2. The van der Waals surface area contributed by atoms with E-state index in [4.69, 9.17) is 4.42 Å². The van der Waals surface area contributed by atoms with Gasteiger partial charge in [-0.2, -0.15) is 0 Å². The van der Waals surface area contributed by atoms with Crippen molar-refractivity contribution in [2.75, 3.05) is 6.54 Å². The second-order valence-electron chi connectivity index (χ2n) is 6.11. The molecule has 0 unspecified atom stereocenters. The van der Waals surface area contributed by atoms with Crippen LogP contribution in [0.3, 0.4) is 0 Å². The Balaban J connectivity index is 1.58. The van der Waals surface area contributed by atoms with Crippen LogP contribution in [0.2, 0.25) is 0 Å². The summed E-state index contributed by atoms with van der Waals surface area (Å²) in [6.45, 7) is 1.81. The Bertz CT molecular complexity index is 802. The monoisotopic (exact) mass is 352 g/mol. The zero-order valence-electron chi connectivity index (χ0n) is 14.4. The van der Waals surface area contributed by atoms with Gasteiger partial charge in [-0.1, -0.05) is 42.5 Å². The van der Waals surface area contributed by atoms with Crippen LogP contribution in [0.25, 0.3) is 0 Å². The second-order valence-corrected chi connectivity index (χ2v) is 6.11. The minimum absolute atomic E-state index is 0.0863. The maximum absolute atomic E-state index is 12.9. The summed E-state index contributed by atoms with van der Waals surface area (Å²) < 4.78 is 18.4. The molecule has 0 radical (unpaired) electrons. The largest absolute Gasteiger partial charge is 0.468 e. The number of halogens is 1. The molecule has 0 aliphatic heterocycles. The van der Waals surface area contributed by atoms with Gasteiger partial charge in [-0.15, -0.1) is 0 Å². The van der Waals surface area contributed by atoms with E-state index in [-0.39, 0.29) is 18.3 Å². The van der Waals surface area contributed by atoms with Crippen molar-refractivity contribution < 1.29 is 13.6 Å². The van der Waals surface area contributed by atoms with E-state index in [1.807, 2.05) is 47.4 Å². The van der Waals surface area contributed by atoms with Gasteiger partial charge in [0.1, 0.15) is 11.6 Å². The first-order valence-electron chi connectivity index (χ1n) is 8.49. The Morgan fingerprint density at radius 2 is 1.69 bits per heavy atom. The summed E-state index contributed by atoms with van der Waals surface area (Å²) in [4.78, 5) is 14.4. The molecule has 2 aromatic carbocycles. The van der Waals surface area contributed by atoms with Crippen LogP contribution in [0.5, 0.6) is 0 Å².